The van der Waals surface area contributed by atoms with Crippen LogP contribution in [0.5, 0.6) is 0 Å². The van der Waals surface area contributed by atoms with Gasteiger partial charge in [-0.05, 0) is 49.9 Å². The van der Waals surface area contributed by atoms with E-state index in [1.807, 2.05) is 4.90 Å². The smallest absolute Gasteiger partial charge is 0.253 e. The van der Waals surface area contributed by atoms with Crippen molar-refractivity contribution in [3.05, 3.63) is 35.6 Å². The molecular weight excluding hydrogens is 269 g/mol. The molecule has 1 aliphatic carbocycles. The molecule has 1 heterocycles. The number of carbonyl (C=O) groups is 1. The molecule has 0 N–H and O–H groups in total. The Kier molecular flexibility index (Phi) is 3.98. The molecule has 0 aromatic heterocycles. The molecule has 2 fully saturated rings. The number of methoxy groups -OCH3 is 1. The SMILES string of the molecule is CO[C@@H]1CCC[C@@]12CCCN(C(=O)c1ccc(F)cc1)C2. The van der Waals surface area contributed by atoms with Crippen molar-refractivity contribution in [3.63, 3.8) is 0 Å². The van der Waals surface area contributed by atoms with Crippen LogP contribution in [-0.2, 0) is 4.74 Å². The number of piperidine rings is 1. The number of likely N-dealkylation sites (tertiary alicyclic amines) is 1. The number of hydrogen-bond acceptors (Lipinski definition) is 2. The molecule has 3 rings (SSSR count). The maximum absolute atomic E-state index is 13.0. The van der Waals surface area contributed by atoms with E-state index in [0.717, 1.165) is 38.8 Å². The van der Waals surface area contributed by atoms with Gasteiger partial charge in [-0.2, -0.15) is 0 Å². The summed E-state index contributed by atoms with van der Waals surface area (Å²) in [6, 6.07) is 5.84. The summed E-state index contributed by atoms with van der Waals surface area (Å²) in [6.07, 6.45) is 5.83. The molecule has 1 aliphatic heterocycles. The number of nitrogens with zero attached hydrogens (tertiary/aromatic N) is 1. The lowest BCUT2D eigenvalue weighted by Gasteiger charge is -2.43. The summed E-state index contributed by atoms with van der Waals surface area (Å²) < 4.78 is 18.7. The van der Waals surface area contributed by atoms with Gasteiger partial charge in [-0.15, -0.1) is 0 Å². The van der Waals surface area contributed by atoms with Crippen LogP contribution in [-0.4, -0.2) is 37.1 Å². The van der Waals surface area contributed by atoms with E-state index in [0.29, 0.717) is 5.56 Å². The van der Waals surface area contributed by atoms with Crippen LogP contribution in [0.4, 0.5) is 4.39 Å². The van der Waals surface area contributed by atoms with Gasteiger partial charge in [0.1, 0.15) is 5.82 Å². The van der Waals surface area contributed by atoms with E-state index in [1.165, 1.54) is 18.6 Å². The van der Waals surface area contributed by atoms with Gasteiger partial charge in [0.05, 0.1) is 6.10 Å². The molecular formula is C17H22FNO2. The molecule has 1 aromatic carbocycles. The minimum Gasteiger partial charge on any atom is -0.381 e. The third kappa shape index (κ3) is 2.69. The van der Waals surface area contributed by atoms with Gasteiger partial charge in [0, 0.05) is 31.2 Å². The van der Waals surface area contributed by atoms with Crippen LogP contribution in [0.15, 0.2) is 24.3 Å². The van der Waals surface area contributed by atoms with Crippen molar-refractivity contribution in [2.75, 3.05) is 20.2 Å². The van der Waals surface area contributed by atoms with Crippen LogP contribution in [0, 0.1) is 11.2 Å². The fraction of sp³-hybridized carbons (Fsp3) is 0.588. The van der Waals surface area contributed by atoms with Crippen LogP contribution in [0.1, 0.15) is 42.5 Å². The second-order valence-corrected chi connectivity index (χ2v) is 6.32. The molecule has 4 heteroatoms. The molecule has 2 atom stereocenters. The van der Waals surface area contributed by atoms with E-state index in [9.17, 15) is 9.18 Å². The minimum atomic E-state index is -0.308. The molecule has 1 aromatic rings. The quantitative estimate of drug-likeness (QED) is 0.837. The molecule has 1 amide bonds. The number of benzene rings is 1. The number of hydrogen-bond donors (Lipinski definition) is 0. The van der Waals surface area contributed by atoms with Crippen molar-refractivity contribution >= 4 is 5.91 Å². The number of amides is 1. The molecule has 2 aliphatic rings. The highest BCUT2D eigenvalue weighted by atomic mass is 19.1. The Morgan fingerprint density at radius 1 is 1.29 bits per heavy atom. The van der Waals surface area contributed by atoms with Gasteiger partial charge in [0.15, 0.2) is 0 Å². The second kappa shape index (κ2) is 5.76. The minimum absolute atomic E-state index is 0.0100. The van der Waals surface area contributed by atoms with Crippen LogP contribution in [0.25, 0.3) is 0 Å². The van der Waals surface area contributed by atoms with Gasteiger partial charge in [-0.25, -0.2) is 4.39 Å². The van der Waals surface area contributed by atoms with Crippen LogP contribution in [0.3, 0.4) is 0 Å². The van der Waals surface area contributed by atoms with Crippen molar-refractivity contribution in [2.45, 2.75) is 38.2 Å². The van der Waals surface area contributed by atoms with Gasteiger partial charge < -0.3 is 9.64 Å². The molecule has 114 valence electrons. The largest absolute Gasteiger partial charge is 0.381 e. The molecule has 0 unspecified atom stereocenters. The Hall–Kier alpha value is -1.42. The molecule has 1 saturated heterocycles. The van der Waals surface area contributed by atoms with Crippen molar-refractivity contribution in [1.82, 2.24) is 4.90 Å². The van der Waals surface area contributed by atoms with Gasteiger partial charge in [-0.1, -0.05) is 6.42 Å². The maximum Gasteiger partial charge on any atom is 0.253 e. The first-order chi connectivity index (χ1) is 10.1. The normalized spacial score (nSPS) is 29.0. The Balaban J connectivity index is 1.77. The van der Waals surface area contributed by atoms with E-state index < -0.39 is 0 Å². The van der Waals surface area contributed by atoms with Crippen molar-refractivity contribution in [2.24, 2.45) is 5.41 Å². The zero-order valence-electron chi connectivity index (χ0n) is 12.5. The van der Waals surface area contributed by atoms with E-state index in [4.69, 9.17) is 4.74 Å². The first-order valence-electron chi connectivity index (χ1n) is 7.72. The third-order valence-electron chi connectivity index (χ3n) is 5.10. The zero-order valence-corrected chi connectivity index (χ0v) is 12.5. The van der Waals surface area contributed by atoms with E-state index >= 15 is 0 Å². The topological polar surface area (TPSA) is 29.5 Å². The summed E-state index contributed by atoms with van der Waals surface area (Å²) in [6.45, 7) is 1.55. The van der Waals surface area contributed by atoms with E-state index in [2.05, 4.69) is 0 Å². The van der Waals surface area contributed by atoms with E-state index in [-0.39, 0.29) is 23.2 Å². The Bertz CT molecular complexity index is 516. The standard InChI is InChI=1S/C17H22FNO2/c1-21-15-4-2-9-17(15)10-3-11-19(12-17)16(20)13-5-7-14(18)8-6-13/h5-8,15H,2-4,9-12H2,1H3/t15-,17+/m1/s1. The molecule has 3 nitrogen and oxygen atoms in total. The second-order valence-electron chi connectivity index (χ2n) is 6.32. The number of ether oxygens (including phenoxy) is 1. The highest BCUT2D eigenvalue weighted by Gasteiger charge is 2.46. The van der Waals surface area contributed by atoms with E-state index in [1.54, 1.807) is 19.2 Å². The lowest BCUT2D eigenvalue weighted by molar-refractivity contribution is -0.0295. The highest BCUT2D eigenvalue weighted by molar-refractivity contribution is 5.94. The predicted molar refractivity (Wildman–Crippen MR) is 78.6 cm³/mol. The van der Waals surface area contributed by atoms with Gasteiger partial charge in [0.2, 0.25) is 0 Å². The molecule has 21 heavy (non-hydrogen) atoms. The summed E-state index contributed by atoms with van der Waals surface area (Å²) >= 11 is 0. The van der Waals surface area contributed by atoms with Crippen molar-refractivity contribution in [3.8, 4) is 0 Å². The first-order valence-corrected chi connectivity index (χ1v) is 7.72. The number of halogens is 1. The first kappa shape index (κ1) is 14.5. The molecule has 0 bridgehead atoms. The van der Waals surface area contributed by atoms with Crippen molar-refractivity contribution < 1.29 is 13.9 Å². The van der Waals surface area contributed by atoms with Gasteiger partial charge in [-0.3, -0.25) is 4.79 Å². The van der Waals surface area contributed by atoms with Gasteiger partial charge >= 0.3 is 0 Å². The average molecular weight is 291 g/mol. The fourth-order valence-electron chi connectivity index (χ4n) is 4.05. The molecule has 0 radical (unpaired) electrons. The summed E-state index contributed by atoms with van der Waals surface area (Å²) in [5, 5.41) is 0. The zero-order chi connectivity index (χ0) is 14.9. The van der Waals surface area contributed by atoms with Gasteiger partial charge in [0.25, 0.3) is 5.91 Å². The monoisotopic (exact) mass is 291 g/mol. The maximum atomic E-state index is 13.0. The fourth-order valence-corrected chi connectivity index (χ4v) is 4.05. The highest BCUT2D eigenvalue weighted by Crippen LogP contribution is 2.46. The summed E-state index contributed by atoms with van der Waals surface area (Å²) in [5.74, 6) is -0.298. The molecule has 1 saturated carbocycles. The number of rotatable bonds is 2. The Labute approximate surface area is 125 Å². The predicted octanol–water partition coefficient (Wildman–Crippen LogP) is 3.25. The van der Waals surface area contributed by atoms with Crippen LogP contribution in [0.2, 0.25) is 0 Å². The van der Waals surface area contributed by atoms with Crippen LogP contribution >= 0.6 is 0 Å². The lowest BCUT2D eigenvalue weighted by atomic mass is 9.76. The average Bonchev–Trinajstić information content (AvgIpc) is 2.89. The third-order valence-corrected chi connectivity index (χ3v) is 5.10. The van der Waals surface area contributed by atoms with Crippen LogP contribution < -0.4 is 0 Å². The Morgan fingerprint density at radius 3 is 2.71 bits per heavy atom. The lowest BCUT2D eigenvalue weighted by Crippen LogP contribution is -2.49. The summed E-state index contributed by atoms with van der Waals surface area (Å²) in [7, 11) is 1.78. The summed E-state index contributed by atoms with van der Waals surface area (Å²) in [5.41, 5.74) is 0.697. The van der Waals surface area contributed by atoms with Crippen molar-refractivity contribution in [1.29, 1.82) is 0 Å². The Morgan fingerprint density at radius 2 is 2.00 bits per heavy atom. The number of carbonyl (C=O) groups excluding carboxylic acids is 1. The summed E-state index contributed by atoms with van der Waals surface area (Å²) in [4.78, 5) is 14.5. The molecule has 1 spiro atoms.